The van der Waals surface area contributed by atoms with Crippen molar-refractivity contribution in [3.63, 3.8) is 0 Å². The van der Waals surface area contributed by atoms with Crippen molar-refractivity contribution < 1.29 is 4.79 Å². The van der Waals surface area contributed by atoms with E-state index in [4.69, 9.17) is 12.2 Å². The zero-order valence-electron chi connectivity index (χ0n) is 16.4. The number of carbonyl (C=O) groups is 1. The molecule has 7 nitrogen and oxygen atoms in total. The summed E-state index contributed by atoms with van der Waals surface area (Å²) in [6.45, 7) is 4.77. The number of aromatic amines is 1. The molecular formula is C20H24N6OS2. The van der Waals surface area contributed by atoms with Crippen LogP contribution in [0.25, 0.3) is 6.08 Å². The van der Waals surface area contributed by atoms with Gasteiger partial charge in [-0.2, -0.15) is 0 Å². The van der Waals surface area contributed by atoms with Crippen LogP contribution < -0.4 is 4.90 Å². The van der Waals surface area contributed by atoms with Gasteiger partial charge < -0.3 is 4.90 Å². The number of piperidine rings is 1. The van der Waals surface area contributed by atoms with E-state index in [1.54, 1.807) is 0 Å². The number of anilines is 1. The number of carbonyl (C=O) groups excluding carboxylic acids is 1. The van der Waals surface area contributed by atoms with Crippen molar-refractivity contribution in [2.75, 3.05) is 18.0 Å². The summed E-state index contributed by atoms with van der Waals surface area (Å²) in [5.74, 6) is 1.28. The molecule has 0 saturated carbocycles. The van der Waals surface area contributed by atoms with Gasteiger partial charge in [-0.3, -0.25) is 9.69 Å². The molecule has 0 bridgehead atoms. The fraction of sp³-hybridized carbons (Fsp3) is 0.450. The van der Waals surface area contributed by atoms with Crippen LogP contribution in [0.5, 0.6) is 0 Å². The third kappa shape index (κ3) is 4.67. The molecule has 2 saturated heterocycles. The molecule has 1 aromatic carbocycles. The standard InChI is InChI=1S/C20H24N6OS2/c1-2-3-14-8-10-25(11-9-14)16-6-4-15(5-7-16)12-17-19(27)26(20(28)29-17)13-18-21-23-24-22-18/h4-7,12,14H,2-3,8-11,13H2,1H3,(H,21,22,23,24). The number of H-pyrrole nitrogens is 1. The van der Waals surface area contributed by atoms with Crippen LogP contribution in [-0.4, -0.2) is 48.8 Å². The molecule has 0 aliphatic carbocycles. The van der Waals surface area contributed by atoms with Gasteiger partial charge in [0.15, 0.2) is 5.82 Å². The van der Waals surface area contributed by atoms with E-state index < -0.39 is 0 Å². The molecule has 0 spiro atoms. The van der Waals surface area contributed by atoms with Crippen LogP contribution in [0.3, 0.4) is 0 Å². The van der Waals surface area contributed by atoms with Gasteiger partial charge in [0.25, 0.3) is 5.91 Å². The molecule has 0 radical (unpaired) electrons. The van der Waals surface area contributed by atoms with Gasteiger partial charge in [-0.05, 0) is 53.0 Å². The largest absolute Gasteiger partial charge is 0.372 e. The van der Waals surface area contributed by atoms with Crippen LogP contribution in [-0.2, 0) is 11.3 Å². The smallest absolute Gasteiger partial charge is 0.266 e. The molecule has 1 N–H and O–H groups in total. The first kappa shape index (κ1) is 20.0. The molecule has 2 fully saturated rings. The van der Waals surface area contributed by atoms with Crippen LogP contribution in [0.1, 0.15) is 44.0 Å². The van der Waals surface area contributed by atoms with Crippen molar-refractivity contribution in [3.8, 4) is 0 Å². The van der Waals surface area contributed by atoms with Crippen LogP contribution in [0, 0.1) is 5.92 Å². The van der Waals surface area contributed by atoms with E-state index in [9.17, 15) is 4.79 Å². The molecule has 0 atom stereocenters. The van der Waals surface area contributed by atoms with E-state index in [1.807, 2.05) is 6.08 Å². The molecule has 152 valence electrons. The summed E-state index contributed by atoms with van der Waals surface area (Å²) in [7, 11) is 0. The first-order valence-corrected chi connectivity index (χ1v) is 11.2. The highest BCUT2D eigenvalue weighted by molar-refractivity contribution is 8.26. The minimum absolute atomic E-state index is 0.113. The molecule has 2 aliphatic rings. The van der Waals surface area contributed by atoms with Crippen LogP contribution in [0.2, 0.25) is 0 Å². The quantitative estimate of drug-likeness (QED) is 0.556. The third-order valence-electron chi connectivity index (χ3n) is 5.44. The van der Waals surface area contributed by atoms with E-state index in [0.717, 1.165) is 24.6 Å². The first-order chi connectivity index (χ1) is 14.1. The van der Waals surface area contributed by atoms with Gasteiger partial charge in [0.05, 0.1) is 11.4 Å². The molecule has 1 amide bonds. The molecule has 29 heavy (non-hydrogen) atoms. The summed E-state index contributed by atoms with van der Waals surface area (Å²) in [5, 5.41) is 13.5. The van der Waals surface area contributed by atoms with Gasteiger partial charge in [0.2, 0.25) is 0 Å². The Hall–Kier alpha value is -2.26. The zero-order valence-corrected chi connectivity index (χ0v) is 18.0. The number of benzene rings is 1. The van der Waals surface area contributed by atoms with Crippen molar-refractivity contribution in [1.82, 2.24) is 25.5 Å². The highest BCUT2D eigenvalue weighted by Crippen LogP contribution is 2.33. The molecule has 9 heteroatoms. The molecule has 2 aromatic rings. The zero-order chi connectivity index (χ0) is 20.2. The van der Waals surface area contributed by atoms with Crippen molar-refractivity contribution in [2.24, 2.45) is 5.92 Å². The number of thiocarbonyl (C=S) groups is 1. The Morgan fingerprint density at radius 1 is 1.28 bits per heavy atom. The second-order valence-electron chi connectivity index (χ2n) is 7.43. The second kappa shape index (κ2) is 9.04. The number of thioether (sulfide) groups is 1. The number of tetrazole rings is 1. The van der Waals surface area contributed by atoms with Crippen molar-refractivity contribution >= 4 is 46.0 Å². The van der Waals surface area contributed by atoms with Gasteiger partial charge in [0, 0.05) is 18.8 Å². The Morgan fingerprint density at radius 2 is 2.03 bits per heavy atom. The fourth-order valence-electron chi connectivity index (χ4n) is 3.85. The average Bonchev–Trinajstić information content (AvgIpc) is 3.34. The van der Waals surface area contributed by atoms with Crippen molar-refractivity contribution in [2.45, 2.75) is 39.2 Å². The van der Waals surface area contributed by atoms with Gasteiger partial charge >= 0.3 is 0 Å². The number of hydrogen-bond acceptors (Lipinski definition) is 7. The van der Waals surface area contributed by atoms with Crippen molar-refractivity contribution in [1.29, 1.82) is 0 Å². The summed E-state index contributed by atoms with van der Waals surface area (Å²) in [6, 6.07) is 8.43. The Kier molecular flexibility index (Phi) is 6.25. The summed E-state index contributed by atoms with van der Waals surface area (Å²) in [5.41, 5.74) is 2.25. The summed E-state index contributed by atoms with van der Waals surface area (Å²) < 4.78 is 0.518. The topological polar surface area (TPSA) is 78.0 Å². The molecule has 3 heterocycles. The summed E-state index contributed by atoms with van der Waals surface area (Å²) in [6.07, 6.45) is 7.07. The van der Waals surface area contributed by atoms with E-state index in [2.05, 4.69) is 56.7 Å². The summed E-state index contributed by atoms with van der Waals surface area (Å²) in [4.78, 5) is 17.3. The predicted molar refractivity (Wildman–Crippen MR) is 119 cm³/mol. The maximum atomic E-state index is 12.7. The monoisotopic (exact) mass is 428 g/mol. The van der Waals surface area contributed by atoms with Crippen molar-refractivity contribution in [3.05, 3.63) is 40.6 Å². The fourth-order valence-corrected chi connectivity index (χ4v) is 5.11. The van der Waals surface area contributed by atoms with Gasteiger partial charge in [0.1, 0.15) is 4.32 Å². The number of amides is 1. The lowest BCUT2D eigenvalue weighted by Gasteiger charge is -2.33. The highest BCUT2D eigenvalue weighted by atomic mass is 32.2. The normalized spacial score (nSPS) is 19.6. The highest BCUT2D eigenvalue weighted by Gasteiger charge is 2.32. The summed E-state index contributed by atoms with van der Waals surface area (Å²) >= 11 is 6.67. The molecule has 4 rings (SSSR count). The SMILES string of the molecule is CCCC1CCN(c2ccc(C=C3SC(=S)N(Cc4nnn[nH]4)C3=O)cc2)CC1. The third-order valence-corrected chi connectivity index (χ3v) is 6.82. The maximum absolute atomic E-state index is 12.7. The second-order valence-corrected chi connectivity index (χ2v) is 9.10. The molecule has 1 aromatic heterocycles. The van der Waals surface area contributed by atoms with E-state index in [0.29, 0.717) is 15.1 Å². The van der Waals surface area contributed by atoms with E-state index in [-0.39, 0.29) is 12.5 Å². The Morgan fingerprint density at radius 3 is 2.69 bits per heavy atom. The number of nitrogens with one attached hydrogen (secondary N) is 1. The lowest BCUT2D eigenvalue weighted by molar-refractivity contribution is -0.122. The number of rotatable bonds is 6. The Labute approximate surface area is 179 Å². The Bertz CT molecular complexity index is 888. The number of hydrogen-bond donors (Lipinski definition) is 1. The minimum Gasteiger partial charge on any atom is -0.372 e. The molecule has 2 aliphatic heterocycles. The molecule has 0 unspecified atom stereocenters. The van der Waals surface area contributed by atoms with Crippen LogP contribution >= 0.6 is 24.0 Å². The number of nitrogens with zero attached hydrogens (tertiary/aromatic N) is 5. The predicted octanol–water partition coefficient (Wildman–Crippen LogP) is 3.62. The van der Waals surface area contributed by atoms with Gasteiger partial charge in [-0.15, -0.1) is 5.10 Å². The first-order valence-electron chi connectivity index (χ1n) is 9.97. The van der Waals surface area contributed by atoms with E-state index >= 15 is 0 Å². The lowest BCUT2D eigenvalue weighted by Crippen LogP contribution is -2.33. The minimum atomic E-state index is -0.113. The lowest BCUT2D eigenvalue weighted by atomic mass is 9.92. The van der Waals surface area contributed by atoms with Gasteiger partial charge in [-0.25, -0.2) is 5.10 Å². The van der Waals surface area contributed by atoms with E-state index in [1.165, 1.54) is 48.0 Å². The Balaban J connectivity index is 1.40. The van der Waals surface area contributed by atoms with Crippen LogP contribution in [0.15, 0.2) is 29.2 Å². The maximum Gasteiger partial charge on any atom is 0.266 e. The molecular weight excluding hydrogens is 404 g/mol. The number of aromatic nitrogens is 4. The average molecular weight is 429 g/mol. The van der Waals surface area contributed by atoms with Crippen LogP contribution in [0.4, 0.5) is 5.69 Å². The van der Waals surface area contributed by atoms with Gasteiger partial charge in [-0.1, -0.05) is 55.9 Å².